The maximum Gasteiger partial charge on any atom is 0.277 e. The molecule has 1 unspecified atom stereocenters. The highest BCUT2D eigenvalue weighted by Crippen LogP contribution is 2.38. The summed E-state index contributed by atoms with van der Waals surface area (Å²) in [6.45, 7) is 3.33. The van der Waals surface area contributed by atoms with E-state index in [1.165, 1.54) is 24.5 Å². The molecule has 0 aromatic carbocycles. The Kier molecular flexibility index (Phi) is 4.42. The molecule has 0 amide bonds. The van der Waals surface area contributed by atoms with E-state index in [4.69, 9.17) is 10.7 Å². The SMILES string of the molecule is CC1=CC(C)(S(=O)(=O)n2c(S(=O)(=O)Cl)cc3ccncc32)CC=C1Br. The first-order chi connectivity index (χ1) is 11.5. The molecule has 0 N–H and O–H groups in total. The molecule has 134 valence electrons. The smallest absolute Gasteiger partial charge is 0.262 e. The number of allylic oxidation sites excluding steroid dienone is 3. The van der Waals surface area contributed by atoms with Gasteiger partial charge in [0.1, 0.15) is 4.75 Å². The number of aromatic nitrogens is 2. The van der Waals surface area contributed by atoms with Crippen LogP contribution in [-0.2, 0) is 19.1 Å². The van der Waals surface area contributed by atoms with Crippen LogP contribution >= 0.6 is 26.6 Å². The van der Waals surface area contributed by atoms with Gasteiger partial charge in [0.25, 0.3) is 9.05 Å². The molecule has 3 rings (SSSR count). The summed E-state index contributed by atoms with van der Waals surface area (Å²) < 4.78 is 51.1. The molecule has 0 spiro atoms. The summed E-state index contributed by atoms with van der Waals surface area (Å²) in [7, 11) is -2.92. The number of halogens is 2. The number of hydrogen-bond donors (Lipinski definition) is 0. The van der Waals surface area contributed by atoms with Crippen molar-refractivity contribution in [2.24, 2.45) is 0 Å². The fourth-order valence-electron chi connectivity index (χ4n) is 2.84. The third-order valence-corrected chi connectivity index (χ3v) is 8.87. The number of rotatable bonds is 3. The van der Waals surface area contributed by atoms with Crippen molar-refractivity contribution in [1.29, 1.82) is 0 Å². The van der Waals surface area contributed by atoms with Crippen LogP contribution in [0.1, 0.15) is 20.3 Å². The number of nitrogens with zero attached hydrogens (tertiary/aromatic N) is 2. The first kappa shape index (κ1) is 18.6. The summed E-state index contributed by atoms with van der Waals surface area (Å²) in [4.78, 5) is 3.92. The molecular formula is C15H14BrClN2O4S2. The van der Waals surface area contributed by atoms with Gasteiger partial charge in [-0.2, -0.15) is 0 Å². The maximum absolute atomic E-state index is 13.4. The summed E-state index contributed by atoms with van der Waals surface area (Å²) in [5.41, 5.74) is 0.921. The molecule has 0 fully saturated rings. The average Bonchev–Trinajstić information content (AvgIpc) is 2.91. The van der Waals surface area contributed by atoms with E-state index in [2.05, 4.69) is 20.9 Å². The van der Waals surface area contributed by atoms with Crippen LogP contribution in [0.15, 0.2) is 51.8 Å². The Morgan fingerprint density at radius 1 is 1.32 bits per heavy atom. The molecule has 2 aromatic heterocycles. The normalized spacial score (nSPS) is 21.9. The van der Waals surface area contributed by atoms with Gasteiger partial charge in [0.2, 0.25) is 10.0 Å². The third kappa shape index (κ3) is 2.97. The molecule has 6 nitrogen and oxygen atoms in total. The van der Waals surface area contributed by atoms with Gasteiger partial charge < -0.3 is 0 Å². The number of fused-ring (bicyclic) bond motifs is 1. The highest BCUT2D eigenvalue weighted by atomic mass is 79.9. The van der Waals surface area contributed by atoms with Crippen LogP contribution in [0.3, 0.4) is 0 Å². The Morgan fingerprint density at radius 2 is 2.00 bits per heavy atom. The van der Waals surface area contributed by atoms with Gasteiger partial charge in [-0.1, -0.05) is 28.1 Å². The Bertz CT molecular complexity index is 1150. The predicted molar refractivity (Wildman–Crippen MR) is 101 cm³/mol. The van der Waals surface area contributed by atoms with E-state index >= 15 is 0 Å². The molecule has 2 heterocycles. The first-order valence-electron chi connectivity index (χ1n) is 7.18. The predicted octanol–water partition coefficient (Wildman–Crippen LogP) is 3.53. The maximum atomic E-state index is 13.4. The van der Waals surface area contributed by atoms with Crippen molar-refractivity contribution in [2.45, 2.75) is 30.0 Å². The van der Waals surface area contributed by atoms with Crippen LogP contribution in [0, 0.1) is 0 Å². The van der Waals surface area contributed by atoms with Crippen molar-refractivity contribution in [3.05, 3.63) is 46.7 Å². The zero-order chi connectivity index (χ0) is 18.6. The summed E-state index contributed by atoms with van der Waals surface area (Å²) in [5, 5.41) is -0.0623. The van der Waals surface area contributed by atoms with Crippen molar-refractivity contribution in [3.63, 3.8) is 0 Å². The number of pyridine rings is 1. The van der Waals surface area contributed by atoms with E-state index in [0.717, 1.165) is 14.0 Å². The van der Waals surface area contributed by atoms with Gasteiger partial charge in [-0.15, -0.1) is 0 Å². The van der Waals surface area contributed by atoms with Crippen LogP contribution in [0.25, 0.3) is 10.9 Å². The van der Waals surface area contributed by atoms with Crippen molar-refractivity contribution >= 4 is 56.6 Å². The van der Waals surface area contributed by atoms with E-state index in [1.54, 1.807) is 26.0 Å². The second-order valence-electron chi connectivity index (χ2n) is 6.02. The molecule has 0 saturated carbocycles. The molecule has 0 bridgehead atoms. The average molecular weight is 466 g/mol. The Hall–Kier alpha value is -1.16. The lowest BCUT2D eigenvalue weighted by molar-refractivity contribution is 0.547. The van der Waals surface area contributed by atoms with Crippen LogP contribution in [-0.4, -0.2) is 30.5 Å². The lowest BCUT2D eigenvalue weighted by Crippen LogP contribution is -2.39. The van der Waals surface area contributed by atoms with Gasteiger partial charge in [0, 0.05) is 26.7 Å². The Balaban J connectivity index is 2.36. The molecule has 10 heteroatoms. The van der Waals surface area contributed by atoms with Crippen LogP contribution < -0.4 is 0 Å². The zero-order valence-electron chi connectivity index (χ0n) is 13.3. The van der Waals surface area contributed by atoms with E-state index in [-0.39, 0.29) is 11.9 Å². The molecular weight excluding hydrogens is 452 g/mol. The van der Waals surface area contributed by atoms with Crippen molar-refractivity contribution in [3.8, 4) is 0 Å². The largest absolute Gasteiger partial charge is 0.277 e. The first-order valence-corrected chi connectivity index (χ1v) is 11.7. The summed E-state index contributed by atoms with van der Waals surface area (Å²) in [5.74, 6) is 0. The minimum absolute atomic E-state index is 0.169. The fraction of sp³-hybridized carbons (Fsp3) is 0.267. The van der Waals surface area contributed by atoms with Crippen molar-refractivity contribution in [2.75, 3.05) is 0 Å². The van der Waals surface area contributed by atoms with Gasteiger partial charge >= 0.3 is 0 Å². The topological polar surface area (TPSA) is 86.1 Å². The van der Waals surface area contributed by atoms with Crippen LogP contribution in [0.5, 0.6) is 0 Å². The summed E-state index contributed by atoms with van der Waals surface area (Å²) in [6, 6.07) is 2.78. The van der Waals surface area contributed by atoms with Gasteiger partial charge in [-0.05, 0) is 38.0 Å². The second kappa shape index (κ2) is 5.94. The molecule has 2 aromatic rings. The molecule has 0 radical (unpaired) electrons. The minimum Gasteiger partial charge on any atom is -0.262 e. The quantitative estimate of drug-likeness (QED) is 0.647. The molecule has 25 heavy (non-hydrogen) atoms. The molecule has 1 aliphatic carbocycles. The highest BCUT2D eigenvalue weighted by molar-refractivity contribution is 9.12. The minimum atomic E-state index is -4.29. The van der Waals surface area contributed by atoms with Crippen molar-refractivity contribution in [1.82, 2.24) is 8.96 Å². The van der Waals surface area contributed by atoms with E-state index in [0.29, 0.717) is 5.39 Å². The van der Waals surface area contributed by atoms with Gasteiger partial charge in [-0.3, -0.25) is 4.98 Å². The van der Waals surface area contributed by atoms with Crippen LogP contribution in [0.2, 0.25) is 0 Å². The van der Waals surface area contributed by atoms with E-state index in [1.807, 2.05) is 0 Å². The van der Waals surface area contributed by atoms with Gasteiger partial charge in [0.15, 0.2) is 5.03 Å². The Morgan fingerprint density at radius 3 is 2.60 bits per heavy atom. The second-order valence-corrected chi connectivity index (χ2v) is 11.6. The lowest BCUT2D eigenvalue weighted by atomic mass is 9.98. The zero-order valence-corrected chi connectivity index (χ0v) is 17.2. The fourth-order valence-corrected chi connectivity index (χ4v) is 6.47. The molecule has 0 aliphatic heterocycles. The molecule has 1 atom stereocenters. The highest BCUT2D eigenvalue weighted by Gasteiger charge is 2.42. The third-order valence-electron chi connectivity index (χ3n) is 4.20. The summed E-state index contributed by atoms with van der Waals surface area (Å²) in [6.07, 6.45) is 6.32. The molecule has 0 saturated heterocycles. The standard InChI is InChI=1S/C15H14BrClN2O4S2/c1-10-8-15(2,5-3-12(10)16)25(22,23)19-13-9-18-6-4-11(13)7-14(19)24(17,20)21/h3-4,6-9H,5H2,1-2H3. The Labute approximate surface area is 158 Å². The number of hydrogen-bond acceptors (Lipinski definition) is 5. The van der Waals surface area contributed by atoms with Gasteiger partial charge in [-0.25, -0.2) is 20.8 Å². The van der Waals surface area contributed by atoms with Crippen molar-refractivity contribution < 1.29 is 16.8 Å². The van der Waals surface area contributed by atoms with E-state index in [9.17, 15) is 16.8 Å². The van der Waals surface area contributed by atoms with E-state index < -0.39 is 28.8 Å². The molecule has 1 aliphatic rings. The summed E-state index contributed by atoms with van der Waals surface area (Å²) >= 11 is 3.37. The lowest BCUT2D eigenvalue weighted by Gasteiger charge is -2.30. The van der Waals surface area contributed by atoms with Crippen LogP contribution in [0.4, 0.5) is 0 Å². The van der Waals surface area contributed by atoms with Gasteiger partial charge in [0.05, 0.1) is 11.7 Å². The monoisotopic (exact) mass is 464 g/mol.